The fourth-order valence-electron chi connectivity index (χ4n) is 1.93. The first kappa shape index (κ1) is 8.79. The molecule has 0 heterocycles. The van der Waals surface area contributed by atoms with Crippen LogP contribution in [0.25, 0.3) is 0 Å². The van der Waals surface area contributed by atoms with Crippen LogP contribution in [0.15, 0.2) is 12.2 Å². The predicted molar refractivity (Wildman–Crippen MR) is 47.3 cm³/mol. The molecular weight excluding hydrogens is 136 g/mol. The zero-order valence-corrected chi connectivity index (χ0v) is 7.51. The number of hydrogen-bond acceptors (Lipinski definition) is 1. The van der Waals surface area contributed by atoms with Gasteiger partial charge in [0, 0.05) is 5.92 Å². The van der Waals surface area contributed by atoms with Crippen LogP contribution in [-0.4, -0.2) is 11.2 Å². The molecule has 0 amide bonds. The van der Waals surface area contributed by atoms with Crippen molar-refractivity contribution in [1.82, 2.24) is 0 Å². The highest BCUT2D eigenvalue weighted by atomic mass is 16.3. The highest BCUT2D eigenvalue weighted by Gasteiger charge is 2.26. The third-order valence-corrected chi connectivity index (χ3v) is 2.71. The van der Waals surface area contributed by atoms with Gasteiger partial charge in [0.05, 0.1) is 6.10 Å². The minimum absolute atomic E-state index is 0.128. The van der Waals surface area contributed by atoms with Crippen molar-refractivity contribution in [3.63, 3.8) is 0 Å². The highest BCUT2D eigenvalue weighted by molar-refractivity contribution is 5.01. The average molecular weight is 154 g/mol. The van der Waals surface area contributed by atoms with Gasteiger partial charge in [-0.2, -0.15) is 0 Å². The lowest BCUT2D eigenvalue weighted by Gasteiger charge is -2.31. The Bertz CT molecular complexity index is 151. The van der Waals surface area contributed by atoms with Crippen molar-refractivity contribution >= 4 is 0 Å². The smallest absolute Gasteiger partial charge is 0.0607 e. The summed E-state index contributed by atoms with van der Waals surface area (Å²) >= 11 is 0. The number of hydrogen-bond donors (Lipinski definition) is 1. The van der Waals surface area contributed by atoms with Gasteiger partial charge in [0.25, 0.3) is 0 Å². The number of aliphatic hydroxyl groups is 1. The minimum Gasteiger partial charge on any atom is -0.392 e. The molecule has 1 aliphatic rings. The molecule has 0 bridgehead atoms. The molecule has 1 fully saturated rings. The van der Waals surface area contributed by atoms with Crippen molar-refractivity contribution in [3.05, 3.63) is 12.2 Å². The first-order valence-electron chi connectivity index (χ1n) is 4.44. The van der Waals surface area contributed by atoms with Gasteiger partial charge < -0.3 is 5.11 Å². The summed E-state index contributed by atoms with van der Waals surface area (Å²) in [4.78, 5) is 0. The fraction of sp³-hybridized carbons (Fsp3) is 0.800. The Balaban J connectivity index is 2.50. The molecule has 0 aliphatic heterocycles. The zero-order chi connectivity index (χ0) is 8.43. The van der Waals surface area contributed by atoms with Crippen molar-refractivity contribution in [2.75, 3.05) is 0 Å². The van der Waals surface area contributed by atoms with E-state index in [1.807, 2.05) is 6.92 Å². The molecule has 0 aromatic carbocycles. The monoisotopic (exact) mass is 154 g/mol. The standard InChI is InChI=1S/C10H18O/c1-7(2)9-5-4-8(3)6-10(9)11/h8-11H,1,4-6H2,2-3H3/t8?,9-,10-/m1/s1. The van der Waals surface area contributed by atoms with Gasteiger partial charge in [-0.05, 0) is 32.1 Å². The minimum atomic E-state index is -0.128. The maximum absolute atomic E-state index is 9.65. The summed E-state index contributed by atoms with van der Waals surface area (Å²) in [5, 5.41) is 9.65. The first-order valence-corrected chi connectivity index (χ1v) is 4.44. The topological polar surface area (TPSA) is 20.2 Å². The van der Waals surface area contributed by atoms with Gasteiger partial charge in [-0.3, -0.25) is 0 Å². The number of rotatable bonds is 1. The summed E-state index contributed by atoms with van der Waals surface area (Å²) in [5.74, 6) is 1.06. The van der Waals surface area contributed by atoms with Gasteiger partial charge in [-0.15, -0.1) is 0 Å². The van der Waals surface area contributed by atoms with Gasteiger partial charge in [0.15, 0.2) is 0 Å². The molecule has 11 heavy (non-hydrogen) atoms. The number of aliphatic hydroxyl groups excluding tert-OH is 1. The van der Waals surface area contributed by atoms with Crippen LogP contribution in [-0.2, 0) is 0 Å². The molecule has 0 aromatic rings. The third-order valence-electron chi connectivity index (χ3n) is 2.71. The molecule has 1 saturated carbocycles. The summed E-state index contributed by atoms with van der Waals surface area (Å²) in [7, 11) is 0. The van der Waals surface area contributed by atoms with Gasteiger partial charge in [0.1, 0.15) is 0 Å². The van der Waals surface area contributed by atoms with Gasteiger partial charge in [0.2, 0.25) is 0 Å². The SMILES string of the molecule is C=C(C)[C@H]1CCC(C)C[C@H]1O. The Morgan fingerprint density at radius 3 is 2.55 bits per heavy atom. The van der Waals surface area contributed by atoms with E-state index in [9.17, 15) is 5.11 Å². The van der Waals surface area contributed by atoms with Gasteiger partial charge in [-0.1, -0.05) is 19.1 Å². The second-order valence-corrected chi connectivity index (χ2v) is 3.94. The Hall–Kier alpha value is -0.300. The van der Waals surface area contributed by atoms with Crippen LogP contribution >= 0.6 is 0 Å². The van der Waals surface area contributed by atoms with E-state index in [1.54, 1.807) is 0 Å². The molecular formula is C10H18O. The summed E-state index contributed by atoms with van der Waals surface area (Å²) < 4.78 is 0. The maximum Gasteiger partial charge on any atom is 0.0607 e. The Morgan fingerprint density at radius 1 is 1.45 bits per heavy atom. The summed E-state index contributed by atoms with van der Waals surface area (Å²) in [6, 6.07) is 0. The quantitative estimate of drug-likeness (QED) is 0.575. The summed E-state index contributed by atoms with van der Waals surface area (Å²) in [6.45, 7) is 8.12. The lowest BCUT2D eigenvalue weighted by molar-refractivity contribution is 0.0656. The molecule has 3 atom stereocenters. The molecule has 1 heteroatoms. The van der Waals surface area contributed by atoms with Crippen molar-refractivity contribution in [3.8, 4) is 0 Å². The zero-order valence-electron chi connectivity index (χ0n) is 7.51. The molecule has 1 unspecified atom stereocenters. The van der Waals surface area contributed by atoms with Crippen LogP contribution in [0, 0.1) is 11.8 Å². The van der Waals surface area contributed by atoms with E-state index in [0.29, 0.717) is 11.8 Å². The molecule has 0 spiro atoms. The first-order chi connectivity index (χ1) is 5.11. The van der Waals surface area contributed by atoms with Crippen LogP contribution < -0.4 is 0 Å². The lowest BCUT2D eigenvalue weighted by Crippen LogP contribution is -2.28. The molecule has 0 radical (unpaired) electrons. The molecule has 1 nitrogen and oxygen atoms in total. The normalized spacial score (nSPS) is 38.6. The highest BCUT2D eigenvalue weighted by Crippen LogP contribution is 2.32. The second kappa shape index (κ2) is 3.40. The largest absolute Gasteiger partial charge is 0.392 e. The third kappa shape index (κ3) is 2.06. The molecule has 1 N–H and O–H groups in total. The van der Waals surface area contributed by atoms with E-state index in [1.165, 1.54) is 6.42 Å². The van der Waals surface area contributed by atoms with Crippen LogP contribution in [0.1, 0.15) is 33.1 Å². The average Bonchev–Trinajstić information content (AvgIpc) is 1.85. The molecule has 0 saturated heterocycles. The molecule has 1 rings (SSSR count). The lowest BCUT2D eigenvalue weighted by atomic mass is 9.78. The Labute approximate surface area is 69.1 Å². The van der Waals surface area contributed by atoms with E-state index in [-0.39, 0.29) is 6.10 Å². The van der Waals surface area contributed by atoms with Gasteiger partial charge >= 0.3 is 0 Å². The predicted octanol–water partition coefficient (Wildman–Crippen LogP) is 2.36. The van der Waals surface area contributed by atoms with Crippen molar-refractivity contribution in [2.45, 2.75) is 39.2 Å². The molecule has 64 valence electrons. The second-order valence-electron chi connectivity index (χ2n) is 3.94. The molecule has 0 aromatic heterocycles. The van der Waals surface area contributed by atoms with Crippen molar-refractivity contribution in [2.24, 2.45) is 11.8 Å². The summed E-state index contributed by atoms with van der Waals surface area (Å²) in [5.41, 5.74) is 1.14. The van der Waals surface area contributed by atoms with E-state index in [0.717, 1.165) is 18.4 Å². The van der Waals surface area contributed by atoms with Crippen LogP contribution in [0.5, 0.6) is 0 Å². The maximum atomic E-state index is 9.65. The van der Waals surface area contributed by atoms with Crippen molar-refractivity contribution < 1.29 is 5.11 Å². The van der Waals surface area contributed by atoms with Crippen LogP contribution in [0.3, 0.4) is 0 Å². The van der Waals surface area contributed by atoms with E-state index < -0.39 is 0 Å². The molecule has 1 aliphatic carbocycles. The Kier molecular flexibility index (Phi) is 2.72. The summed E-state index contributed by atoms with van der Waals surface area (Å²) in [6.07, 6.45) is 3.19. The van der Waals surface area contributed by atoms with E-state index in [2.05, 4.69) is 13.5 Å². The van der Waals surface area contributed by atoms with Gasteiger partial charge in [-0.25, -0.2) is 0 Å². The van der Waals surface area contributed by atoms with E-state index in [4.69, 9.17) is 0 Å². The fourth-order valence-corrected chi connectivity index (χ4v) is 1.93. The van der Waals surface area contributed by atoms with E-state index >= 15 is 0 Å². The Morgan fingerprint density at radius 2 is 2.09 bits per heavy atom. The van der Waals surface area contributed by atoms with Crippen LogP contribution in [0.2, 0.25) is 0 Å². The van der Waals surface area contributed by atoms with Crippen LogP contribution in [0.4, 0.5) is 0 Å². The van der Waals surface area contributed by atoms with Crippen molar-refractivity contribution in [1.29, 1.82) is 0 Å².